The van der Waals surface area contributed by atoms with E-state index in [1.807, 2.05) is 12.1 Å². The Morgan fingerprint density at radius 2 is 0.789 bits per heavy atom. The number of benzene rings is 9. The van der Waals surface area contributed by atoms with E-state index in [-0.39, 0.29) is 5.41 Å². The van der Waals surface area contributed by atoms with Crippen LogP contribution in [0, 0.1) is 0 Å². The molecule has 11 aromatic rings. The lowest BCUT2D eigenvalue weighted by Gasteiger charge is -2.27. The Bertz CT molecular complexity index is 3310. The summed E-state index contributed by atoms with van der Waals surface area (Å²) in [5.74, 6) is 0. The molecule has 2 heteroatoms. The van der Waals surface area contributed by atoms with Crippen LogP contribution >= 0.6 is 0 Å². The summed E-state index contributed by atoms with van der Waals surface area (Å²) < 4.78 is 12.6. The average molecular weight is 729 g/mol. The van der Waals surface area contributed by atoms with Crippen LogP contribution in [0.3, 0.4) is 0 Å². The van der Waals surface area contributed by atoms with Crippen LogP contribution < -0.4 is 0 Å². The number of rotatable bonds is 3. The van der Waals surface area contributed by atoms with Crippen LogP contribution in [0.4, 0.5) is 0 Å². The molecule has 268 valence electrons. The van der Waals surface area contributed by atoms with Crippen LogP contribution in [0.15, 0.2) is 179 Å². The summed E-state index contributed by atoms with van der Waals surface area (Å²) in [4.78, 5) is 0. The number of para-hydroxylation sites is 2. The molecule has 2 aromatic heterocycles. The maximum atomic E-state index is 6.29. The first kappa shape index (κ1) is 31.3. The Morgan fingerprint density at radius 3 is 1.42 bits per heavy atom. The number of hydrogen-bond acceptors (Lipinski definition) is 2. The molecule has 0 radical (unpaired) electrons. The molecule has 0 N–H and O–H groups in total. The summed E-state index contributed by atoms with van der Waals surface area (Å²) in [6.07, 6.45) is 4.96. The van der Waals surface area contributed by atoms with Crippen LogP contribution in [-0.2, 0) is 5.41 Å². The van der Waals surface area contributed by atoms with Gasteiger partial charge in [0.05, 0.1) is 0 Å². The van der Waals surface area contributed by atoms with Crippen molar-refractivity contribution in [1.82, 2.24) is 0 Å². The van der Waals surface area contributed by atoms with Gasteiger partial charge in [0.15, 0.2) is 0 Å². The predicted octanol–water partition coefficient (Wildman–Crippen LogP) is 15.6. The predicted molar refractivity (Wildman–Crippen MR) is 237 cm³/mol. The standard InChI is InChI=1S/C55H36O2/c1-4-20-47-41(14-1)54-42(19-11-21-48(54)55(47)28-7-8-29-55)53-39-17-9-15-35(33-24-26-51-45(30-33)37-12-2-5-22-49(37)56-51)43(39)32-44-36(16-10-18-40(44)53)34-25-27-52-46(31-34)38-13-3-6-23-50(38)57-52/h1-6,9-27,30-32H,7-8,28-29H2. The summed E-state index contributed by atoms with van der Waals surface area (Å²) in [7, 11) is 0. The maximum absolute atomic E-state index is 6.29. The van der Waals surface area contributed by atoms with Crippen LogP contribution in [0.5, 0.6) is 0 Å². The van der Waals surface area contributed by atoms with Gasteiger partial charge >= 0.3 is 0 Å². The molecule has 0 amide bonds. The third-order valence-electron chi connectivity index (χ3n) is 13.4. The van der Waals surface area contributed by atoms with E-state index in [1.165, 1.54) is 103 Å². The van der Waals surface area contributed by atoms with E-state index >= 15 is 0 Å². The van der Waals surface area contributed by atoms with Crippen LogP contribution in [0.2, 0.25) is 0 Å². The highest BCUT2D eigenvalue weighted by molar-refractivity contribution is 6.21. The molecule has 1 fully saturated rings. The Morgan fingerprint density at radius 1 is 0.316 bits per heavy atom. The highest BCUT2D eigenvalue weighted by Crippen LogP contribution is 2.60. The van der Waals surface area contributed by atoms with Crippen LogP contribution in [0.1, 0.15) is 36.8 Å². The van der Waals surface area contributed by atoms with Crippen molar-refractivity contribution in [3.8, 4) is 44.5 Å². The zero-order chi connectivity index (χ0) is 37.2. The molecular weight excluding hydrogens is 693 g/mol. The van der Waals surface area contributed by atoms with Gasteiger partial charge in [-0.15, -0.1) is 0 Å². The molecule has 57 heavy (non-hydrogen) atoms. The molecule has 0 saturated heterocycles. The smallest absolute Gasteiger partial charge is 0.135 e. The second-order valence-corrected chi connectivity index (χ2v) is 16.2. The van der Waals surface area contributed by atoms with Crippen molar-refractivity contribution in [2.24, 2.45) is 0 Å². The van der Waals surface area contributed by atoms with Crippen molar-refractivity contribution in [2.75, 3.05) is 0 Å². The molecule has 1 saturated carbocycles. The third kappa shape index (κ3) is 4.30. The van der Waals surface area contributed by atoms with Crippen molar-refractivity contribution in [2.45, 2.75) is 31.1 Å². The third-order valence-corrected chi connectivity index (χ3v) is 13.4. The van der Waals surface area contributed by atoms with Crippen molar-refractivity contribution >= 4 is 65.4 Å². The normalized spacial score (nSPS) is 14.5. The zero-order valence-electron chi connectivity index (χ0n) is 31.3. The lowest BCUT2D eigenvalue weighted by atomic mass is 9.76. The lowest BCUT2D eigenvalue weighted by molar-refractivity contribution is 0.550. The molecule has 0 bridgehead atoms. The average Bonchev–Trinajstić information content (AvgIpc) is 4.05. The van der Waals surface area contributed by atoms with Gasteiger partial charge in [0.1, 0.15) is 22.3 Å². The topological polar surface area (TPSA) is 26.3 Å². The minimum Gasteiger partial charge on any atom is -0.456 e. The molecule has 0 atom stereocenters. The van der Waals surface area contributed by atoms with Crippen molar-refractivity contribution in [1.29, 1.82) is 0 Å². The molecule has 1 spiro atoms. The van der Waals surface area contributed by atoms with E-state index in [0.717, 1.165) is 43.9 Å². The first-order chi connectivity index (χ1) is 28.2. The fraction of sp³-hybridized carbons (Fsp3) is 0.0909. The largest absolute Gasteiger partial charge is 0.456 e. The highest BCUT2D eigenvalue weighted by atomic mass is 16.3. The summed E-state index contributed by atoms with van der Waals surface area (Å²) in [6.45, 7) is 0. The van der Waals surface area contributed by atoms with Crippen molar-refractivity contribution in [3.63, 3.8) is 0 Å². The van der Waals surface area contributed by atoms with Gasteiger partial charge in [-0.3, -0.25) is 0 Å². The second kappa shape index (κ2) is 11.6. The van der Waals surface area contributed by atoms with Gasteiger partial charge in [-0.05, 0) is 132 Å². The lowest BCUT2D eigenvalue weighted by Crippen LogP contribution is -2.20. The van der Waals surface area contributed by atoms with Crippen molar-refractivity contribution < 1.29 is 8.83 Å². The molecule has 2 aliphatic rings. The zero-order valence-corrected chi connectivity index (χ0v) is 31.3. The van der Waals surface area contributed by atoms with Gasteiger partial charge < -0.3 is 8.83 Å². The van der Waals surface area contributed by atoms with E-state index in [2.05, 4.69) is 158 Å². The maximum Gasteiger partial charge on any atom is 0.135 e. The molecule has 2 nitrogen and oxygen atoms in total. The highest BCUT2D eigenvalue weighted by Gasteiger charge is 2.45. The fourth-order valence-corrected chi connectivity index (χ4v) is 11.0. The monoisotopic (exact) mass is 728 g/mol. The number of furan rings is 2. The van der Waals surface area contributed by atoms with Crippen LogP contribution in [-0.4, -0.2) is 0 Å². The SMILES string of the molecule is c1ccc2c(c1)-c1c(-c3c4cccc(-c5ccc6oc7ccccc7c6c5)c4cc4c(-c5ccc6oc7ccccc7c6c5)cccc34)cccc1C21CCCC1. The molecule has 9 aromatic carbocycles. The van der Waals surface area contributed by atoms with E-state index in [1.54, 1.807) is 0 Å². The molecule has 2 heterocycles. The fourth-order valence-electron chi connectivity index (χ4n) is 11.0. The van der Waals surface area contributed by atoms with Gasteiger partial charge in [-0.25, -0.2) is 0 Å². The summed E-state index contributed by atoms with van der Waals surface area (Å²) in [5, 5.41) is 9.59. The van der Waals surface area contributed by atoms with E-state index in [4.69, 9.17) is 8.83 Å². The Labute approximate surface area is 329 Å². The quantitative estimate of drug-likeness (QED) is 0.169. The first-order valence-corrected chi connectivity index (χ1v) is 20.3. The minimum atomic E-state index is 0.0875. The second-order valence-electron chi connectivity index (χ2n) is 16.2. The number of hydrogen-bond donors (Lipinski definition) is 0. The minimum absolute atomic E-state index is 0.0875. The van der Waals surface area contributed by atoms with Gasteiger partial charge in [0.25, 0.3) is 0 Å². The van der Waals surface area contributed by atoms with E-state index in [0.29, 0.717) is 0 Å². The van der Waals surface area contributed by atoms with Gasteiger partial charge in [0, 0.05) is 27.0 Å². The van der Waals surface area contributed by atoms with Crippen LogP contribution in [0.25, 0.3) is 110 Å². The summed E-state index contributed by atoms with van der Waals surface area (Å²) in [5.41, 5.74) is 17.0. The van der Waals surface area contributed by atoms with E-state index < -0.39 is 0 Å². The first-order valence-electron chi connectivity index (χ1n) is 20.3. The Kier molecular flexibility index (Phi) is 6.36. The molecule has 0 unspecified atom stereocenters. The molecule has 2 aliphatic carbocycles. The van der Waals surface area contributed by atoms with Crippen molar-refractivity contribution in [3.05, 3.63) is 181 Å². The van der Waals surface area contributed by atoms with Gasteiger partial charge in [0.2, 0.25) is 0 Å². The van der Waals surface area contributed by atoms with E-state index in [9.17, 15) is 0 Å². The molecule has 13 rings (SSSR count). The summed E-state index contributed by atoms with van der Waals surface area (Å²) >= 11 is 0. The Balaban J connectivity index is 1.14. The van der Waals surface area contributed by atoms with Gasteiger partial charge in [-0.2, -0.15) is 0 Å². The van der Waals surface area contributed by atoms with Gasteiger partial charge in [-0.1, -0.05) is 140 Å². The number of fused-ring (bicyclic) bond motifs is 13. The molecular formula is C55H36O2. The Hall–Kier alpha value is -6.90. The summed E-state index contributed by atoms with van der Waals surface area (Å²) in [6, 6.07) is 62.8. The molecule has 0 aliphatic heterocycles.